The minimum absolute atomic E-state index is 0.0767. The molecule has 2 saturated heterocycles. The second-order valence-corrected chi connectivity index (χ2v) is 9.80. The summed E-state index contributed by atoms with van der Waals surface area (Å²) in [7, 11) is 0. The van der Waals surface area contributed by atoms with Crippen LogP contribution >= 0.6 is 0 Å². The summed E-state index contributed by atoms with van der Waals surface area (Å²) in [6, 6.07) is 6.47. The van der Waals surface area contributed by atoms with Gasteiger partial charge in [-0.15, -0.1) is 0 Å². The van der Waals surface area contributed by atoms with Gasteiger partial charge >= 0.3 is 0 Å². The highest BCUT2D eigenvalue weighted by molar-refractivity contribution is 5.92. The molecule has 3 unspecified atom stereocenters. The van der Waals surface area contributed by atoms with Crippen molar-refractivity contribution in [2.24, 2.45) is 0 Å². The third kappa shape index (κ3) is 4.49. The molecule has 0 radical (unpaired) electrons. The zero-order valence-corrected chi connectivity index (χ0v) is 20.6. The molecule has 40 heavy (non-hydrogen) atoms. The summed E-state index contributed by atoms with van der Waals surface area (Å²) in [5.74, 6) is -2.00. The third-order valence-electron chi connectivity index (χ3n) is 7.31. The van der Waals surface area contributed by atoms with Gasteiger partial charge < -0.3 is 65.0 Å². The molecule has 14 heteroatoms. The first-order valence-corrected chi connectivity index (χ1v) is 12.3. The van der Waals surface area contributed by atoms with Crippen LogP contribution in [0.5, 0.6) is 17.2 Å². The van der Waals surface area contributed by atoms with E-state index in [1.807, 2.05) is 0 Å². The van der Waals surface area contributed by atoms with E-state index in [2.05, 4.69) is 0 Å². The lowest BCUT2D eigenvalue weighted by atomic mass is 9.85. The zero-order valence-electron chi connectivity index (χ0n) is 20.6. The van der Waals surface area contributed by atoms with E-state index >= 15 is 0 Å². The minimum atomic E-state index is -1.96. The maximum Gasteiger partial charge on any atom is 0.197 e. The SMILES string of the molecule is O=c1cc(-c2ccc(O)cc2)oc2c([C@@H]3OC(CO)[C@@H](O)[C@H](O)C3O)c(O)c([C@@H]3OC[C@@H](O)[C@H](O)C3O)c(O)c12. The van der Waals surface area contributed by atoms with E-state index in [9.17, 15) is 55.9 Å². The number of aliphatic hydroxyl groups is 7. The normalized spacial score (nSPS) is 32.8. The van der Waals surface area contributed by atoms with Gasteiger partial charge in [-0.25, -0.2) is 0 Å². The predicted octanol–water partition coefficient (Wildman–Crippen LogP) is -1.75. The number of hydrogen-bond acceptors (Lipinski definition) is 14. The van der Waals surface area contributed by atoms with E-state index < -0.39 is 107 Å². The van der Waals surface area contributed by atoms with E-state index in [0.29, 0.717) is 5.56 Å². The summed E-state index contributed by atoms with van der Waals surface area (Å²) in [6.45, 7) is -1.34. The Labute approximate surface area is 224 Å². The van der Waals surface area contributed by atoms with E-state index in [-0.39, 0.29) is 11.5 Å². The maximum absolute atomic E-state index is 13.4. The number of rotatable bonds is 4. The molecule has 0 amide bonds. The van der Waals surface area contributed by atoms with Crippen molar-refractivity contribution in [2.45, 2.75) is 54.9 Å². The minimum Gasteiger partial charge on any atom is -0.508 e. The molecule has 1 aromatic heterocycles. The van der Waals surface area contributed by atoms with Crippen LogP contribution in [-0.2, 0) is 9.47 Å². The third-order valence-corrected chi connectivity index (χ3v) is 7.31. The van der Waals surface area contributed by atoms with Gasteiger partial charge in [0.25, 0.3) is 0 Å². The number of aromatic hydroxyl groups is 3. The van der Waals surface area contributed by atoms with Crippen LogP contribution in [0, 0.1) is 0 Å². The molecule has 10 N–H and O–H groups in total. The number of hydrogen-bond donors (Lipinski definition) is 10. The molecule has 14 nitrogen and oxygen atoms in total. The Morgan fingerprint density at radius 1 is 0.775 bits per heavy atom. The van der Waals surface area contributed by atoms with Crippen LogP contribution < -0.4 is 5.43 Å². The van der Waals surface area contributed by atoms with Crippen molar-refractivity contribution in [1.29, 1.82) is 0 Å². The molecule has 2 aliphatic rings. The Hall–Kier alpha value is -3.31. The molecule has 5 rings (SSSR count). The van der Waals surface area contributed by atoms with Crippen LogP contribution in [0.3, 0.4) is 0 Å². The highest BCUT2D eigenvalue weighted by Gasteiger charge is 2.48. The first-order chi connectivity index (χ1) is 19.0. The molecule has 2 aliphatic heterocycles. The first kappa shape index (κ1) is 28.2. The van der Waals surface area contributed by atoms with Crippen molar-refractivity contribution in [3.05, 3.63) is 51.7 Å². The molecule has 3 heterocycles. The lowest BCUT2D eigenvalue weighted by Crippen LogP contribution is -2.55. The molecule has 2 aromatic carbocycles. The maximum atomic E-state index is 13.4. The van der Waals surface area contributed by atoms with Crippen molar-refractivity contribution in [1.82, 2.24) is 0 Å². The number of aliphatic hydroxyl groups excluding tert-OH is 7. The van der Waals surface area contributed by atoms with Crippen LogP contribution in [0.2, 0.25) is 0 Å². The molecular weight excluding hydrogens is 536 g/mol. The number of ether oxygens (including phenoxy) is 2. The van der Waals surface area contributed by atoms with Crippen molar-refractivity contribution in [2.75, 3.05) is 13.2 Å². The molecule has 216 valence electrons. The second kappa shape index (κ2) is 10.6. The quantitative estimate of drug-likeness (QED) is 0.169. The van der Waals surface area contributed by atoms with Crippen molar-refractivity contribution < 1.29 is 65.0 Å². The molecule has 0 bridgehead atoms. The molecule has 3 aromatic rings. The lowest BCUT2D eigenvalue weighted by Gasteiger charge is -2.41. The van der Waals surface area contributed by atoms with Gasteiger partial charge in [-0.3, -0.25) is 4.79 Å². The molecule has 9 atom stereocenters. The van der Waals surface area contributed by atoms with Gasteiger partial charge in [-0.2, -0.15) is 0 Å². The summed E-state index contributed by atoms with van der Waals surface area (Å²) in [5, 5.41) is 104. The van der Waals surface area contributed by atoms with Gasteiger partial charge in [-0.05, 0) is 24.3 Å². The summed E-state index contributed by atoms with van der Waals surface area (Å²) in [6.07, 6.45) is -15.7. The largest absolute Gasteiger partial charge is 0.508 e. The van der Waals surface area contributed by atoms with Crippen LogP contribution in [0.4, 0.5) is 0 Å². The average molecular weight is 564 g/mol. The Morgan fingerprint density at radius 2 is 1.43 bits per heavy atom. The Bertz CT molecular complexity index is 1450. The van der Waals surface area contributed by atoms with Gasteiger partial charge in [-0.1, -0.05) is 0 Å². The number of benzene rings is 2. The van der Waals surface area contributed by atoms with Crippen molar-refractivity contribution in [3.63, 3.8) is 0 Å². The molecule has 0 aliphatic carbocycles. The predicted molar refractivity (Wildman–Crippen MR) is 132 cm³/mol. The number of phenols is 3. The van der Waals surface area contributed by atoms with Gasteiger partial charge in [0, 0.05) is 11.6 Å². The fraction of sp³-hybridized carbons (Fsp3) is 0.423. The second-order valence-electron chi connectivity index (χ2n) is 9.80. The van der Waals surface area contributed by atoms with Gasteiger partial charge in [0.2, 0.25) is 0 Å². The monoisotopic (exact) mass is 564 g/mol. The Morgan fingerprint density at radius 3 is 2.08 bits per heavy atom. The number of phenolic OH excluding ortho intramolecular Hbond substituents is 3. The van der Waals surface area contributed by atoms with Crippen LogP contribution in [0.15, 0.2) is 39.5 Å². The highest BCUT2D eigenvalue weighted by Crippen LogP contribution is 2.50. The standard InChI is InChI=1S/C26H28O14/c27-6-13-18(32)21(35)23(37)26(40-13)16-20(34)15(25-22(36)17(31)11(30)7-38-25)19(33)14-10(29)5-12(39-24(14)16)8-1-3-9(28)4-2-8/h1-5,11,13,17-18,21-23,25-28,30-37H,6-7H2/t11-,13?,17+,18-,21+,22?,23?,25+,26+/m1/s1. The van der Waals surface area contributed by atoms with Gasteiger partial charge in [0.05, 0.1) is 24.3 Å². The number of fused-ring (bicyclic) bond motifs is 1. The fourth-order valence-corrected chi connectivity index (χ4v) is 5.11. The summed E-state index contributed by atoms with van der Waals surface area (Å²) >= 11 is 0. The van der Waals surface area contributed by atoms with E-state index in [0.717, 1.165) is 6.07 Å². The van der Waals surface area contributed by atoms with Gasteiger partial charge in [0.15, 0.2) is 11.0 Å². The van der Waals surface area contributed by atoms with E-state index in [1.165, 1.54) is 24.3 Å². The van der Waals surface area contributed by atoms with Crippen molar-refractivity contribution in [3.8, 4) is 28.6 Å². The first-order valence-electron chi connectivity index (χ1n) is 12.3. The zero-order chi connectivity index (χ0) is 29.0. The summed E-state index contributed by atoms with van der Waals surface area (Å²) < 4.78 is 16.9. The average Bonchev–Trinajstić information content (AvgIpc) is 2.92. The molecule has 0 spiro atoms. The Kier molecular flexibility index (Phi) is 7.47. The van der Waals surface area contributed by atoms with E-state index in [4.69, 9.17) is 13.9 Å². The summed E-state index contributed by atoms with van der Waals surface area (Å²) in [5.41, 5.74) is -2.19. The molecule has 2 fully saturated rings. The van der Waals surface area contributed by atoms with Crippen LogP contribution in [-0.4, -0.2) is 107 Å². The van der Waals surface area contributed by atoms with Crippen LogP contribution in [0.25, 0.3) is 22.3 Å². The molecular formula is C26H28O14. The molecule has 0 saturated carbocycles. The fourth-order valence-electron chi connectivity index (χ4n) is 5.11. The summed E-state index contributed by atoms with van der Waals surface area (Å²) in [4.78, 5) is 13.4. The van der Waals surface area contributed by atoms with Crippen LogP contribution in [0.1, 0.15) is 23.3 Å². The van der Waals surface area contributed by atoms with E-state index in [1.54, 1.807) is 0 Å². The Balaban J connectivity index is 1.81. The van der Waals surface area contributed by atoms with Crippen molar-refractivity contribution >= 4 is 11.0 Å². The lowest BCUT2D eigenvalue weighted by molar-refractivity contribution is -0.231. The topological polar surface area (TPSA) is 251 Å². The smallest absolute Gasteiger partial charge is 0.197 e. The van der Waals surface area contributed by atoms with Gasteiger partial charge in [0.1, 0.15) is 83.3 Å². The highest BCUT2D eigenvalue weighted by atomic mass is 16.5.